The SMILES string of the molecule is CCc1sc(C(=O)N2CCN(C(=O)OC(C)(C)C)CC2)cc1C. The molecule has 2 rings (SSSR count). The van der Waals surface area contributed by atoms with E-state index in [0.717, 1.165) is 11.3 Å². The van der Waals surface area contributed by atoms with Crippen molar-refractivity contribution >= 4 is 23.3 Å². The lowest BCUT2D eigenvalue weighted by Crippen LogP contribution is -2.51. The Morgan fingerprint density at radius 2 is 1.74 bits per heavy atom. The lowest BCUT2D eigenvalue weighted by Gasteiger charge is -2.35. The minimum Gasteiger partial charge on any atom is -0.444 e. The third-order valence-electron chi connectivity index (χ3n) is 3.77. The minimum absolute atomic E-state index is 0.0710. The number of amides is 2. The Balaban J connectivity index is 1.93. The van der Waals surface area contributed by atoms with Gasteiger partial charge < -0.3 is 14.5 Å². The van der Waals surface area contributed by atoms with E-state index >= 15 is 0 Å². The van der Waals surface area contributed by atoms with Crippen molar-refractivity contribution in [1.82, 2.24) is 9.80 Å². The smallest absolute Gasteiger partial charge is 0.410 e. The van der Waals surface area contributed by atoms with Crippen molar-refractivity contribution in [2.45, 2.75) is 46.6 Å². The van der Waals surface area contributed by atoms with Crippen LogP contribution >= 0.6 is 11.3 Å². The highest BCUT2D eigenvalue weighted by Crippen LogP contribution is 2.24. The Hall–Kier alpha value is -1.56. The van der Waals surface area contributed by atoms with Crippen LogP contribution < -0.4 is 0 Å². The van der Waals surface area contributed by atoms with E-state index in [9.17, 15) is 9.59 Å². The Morgan fingerprint density at radius 3 is 2.22 bits per heavy atom. The minimum atomic E-state index is -0.491. The monoisotopic (exact) mass is 338 g/mol. The molecule has 1 aliphatic rings. The van der Waals surface area contributed by atoms with E-state index < -0.39 is 5.60 Å². The average molecular weight is 338 g/mol. The van der Waals surface area contributed by atoms with Gasteiger partial charge in [0.15, 0.2) is 0 Å². The summed E-state index contributed by atoms with van der Waals surface area (Å²) < 4.78 is 5.38. The first kappa shape index (κ1) is 17.8. The van der Waals surface area contributed by atoms with Crippen molar-refractivity contribution in [2.24, 2.45) is 0 Å². The Labute approximate surface area is 142 Å². The van der Waals surface area contributed by atoms with Crippen LogP contribution in [0.25, 0.3) is 0 Å². The molecule has 1 fully saturated rings. The largest absolute Gasteiger partial charge is 0.444 e. The molecule has 1 aromatic rings. The van der Waals surface area contributed by atoms with Crippen LogP contribution in [-0.2, 0) is 11.2 Å². The molecule has 0 atom stereocenters. The summed E-state index contributed by atoms with van der Waals surface area (Å²) >= 11 is 1.58. The molecule has 0 bridgehead atoms. The van der Waals surface area contributed by atoms with Crippen molar-refractivity contribution in [3.8, 4) is 0 Å². The summed E-state index contributed by atoms with van der Waals surface area (Å²) in [6.45, 7) is 11.9. The number of carbonyl (C=O) groups is 2. The molecule has 0 radical (unpaired) electrons. The fraction of sp³-hybridized carbons (Fsp3) is 0.647. The molecule has 5 nitrogen and oxygen atoms in total. The van der Waals surface area contributed by atoms with Crippen molar-refractivity contribution in [3.05, 3.63) is 21.4 Å². The maximum atomic E-state index is 12.6. The molecule has 1 aromatic heterocycles. The van der Waals surface area contributed by atoms with Gasteiger partial charge >= 0.3 is 6.09 Å². The highest BCUT2D eigenvalue weighted by Gasteiger charge is 2.28. The van der Waals surface area contributed by atoms with Crippen molar-refractivity contribution in [2.75, 3.05) is 26.2 Å². The molecule has 128 valence electrons. The maximum Gasteiger partial charge on any atom is 0.410 e. The topological polar surface area (TPSA) is 49.9 Å². The van der Waals surface area contributed by atoms with Gasteiger partial charge in [0.2, 0.25) is 0 Å². The lowest BCUT2D eigenvalue weighted by atomic mass is 10.2. The molecule has 1 saturated heterocycles. The number of piperazine rings is 1. The molecule has 0 unspecified atom stereocenters. The second-order valence-electron chi connectivity index (χ2n) is 6.83. The summed E-state index contributed by atoms with van der Waals surface area (Å²) in [5.41, 5.74) is 0.697. The second-order valence-corrected chi connectivity index (χ2v) is 7.97. The third-order valence-corrected chi connectivity index (χ3v) is 5.14. The summed E-state index contributed by atoms with van der Waals surface area (Å²) in [4.78, 5) is 30.2. The molecule has 2 amide bonds. The van der Waals surface area contributed by atoms with Crippen molar-refractivity contribution in [3.63, 3.8) is 0 Å². The van der Waals surface area contributed by atoms with Crippen LogP contribution in [0.15, 0.2) is 6.07 Å². The number of thiophene rings is 1. The van der Waals surface area contributed by atoms with E-state index in [1.165, 1.54) is 10.4 Å². The van der Waals surface area contributed by atoms with Crippen LogP contribution in [0.5, 0.6) is 0 Å². The van der Waals surface area contributed by atoms with E-state index in [0.29, 0.717) is 26.2 Å². The van der Waals surface area contributed by atoms with Gasteiger partial charge in [-0.05, 0) is 45.7 Å². The Bertz CT molecular complexity index is 581. The van der Waals surface area contributed by atoms with Gasteiger partial charge in [0.25, 0.3) is 5.91 Å². The van der Waals surface area contributed by atoms with Crippen LogP contribution in [0.4, 0.5) is 4.79 Å². The summed E-state index contributed by atoms with van der Waals surface area (Å²) in [6, 6.07) is 1.98. The summed E-state index contributed by atoms with van der Waals surface area (Å²) in [6.07, 6.45) is 0.653. The molecule has 1 aliphatic heterocycles. The average Bonchev–Trinajstić information content (AvgIpc) is 2.86. The van der Waals surface area contributed by atoms with Gasteiger partial charge in [-0.3, -0.25) is 4.79 Å². The predicted octanol–water partition coefficient (Wildman–Crippen LogP) is 3.31. The van der Waals surface area contributed by atoms with Crippen LogP contribution in [-0.4, -0.2) is 53.6 Å². The molecule has 0 spiro atoms. The van der Waals surface area contributed by atoms with Gasteiger partial charge in [0.05, 0.1) is 4.88 Å². The van der Waals surface area contributed by atoms with Crippen LogP contribution in [0, 0.1) is 6.92 Å². The Morgan fingerprint density at radius 1 is 1.17 bits per heavy atom. The first-order chi connectivity index (χ1) is 10.7. The van der Waals surface area contributed by atoms with E-state index in [1.54, 1.807) is 16.2 Å². The number of hydrogen-bond donors (Lipinski definition) is 0. The van der Waals surface area contributed by atoms with E-state index in [1.807, 2.05) is 38.7 Å². The molecular weight excluding hydrogens is 312 g/mol. The molecule has 2 heterocycles. The molecule has 0 aromatic carbocycles. The zero-order valence-electron chi connectivity index (χ0n) is 14.6. The fourth-order valence-corrected chi connectivity index (χ4v) is 3.63. The van der Waals surface area contributed by atoms with E-state index in [2.05, 4.69) is 6.92 Å². The van der Waals surface area contributed by atoms with Crippen LogP contribution in [0.3, 0.4) is 0 Å². The first-order valence-electron chi connectivity index (χ1n) is 8.07. The van der Waals surface area contributed by atoms with Crippen molar-refractivity contribution < 1.29 is 14.3 Å². The van der Waals surface area contributed by atoms with Gasteiger partial charge in [0.1, 0.15) is 5.60 Å². The molecule has 0 N–H and O–H groups in total. The molecule has 0 saturated carbocycles. The van der Waals surface area contributed by atoms with Crippen LogP contribution in [0.1, 0.15) is 47.8 Å². The van der Waals surface area contributed by atoms with Gasteiger partial charge in [-0.25, -0.2) is 4.79 Å². The molecule has 6 heteroatoms. The number of aryl methyl sites for hydroxylation is 2. The Kier molecular flexibility index (Phi) is 5.34. The number of hydrogen-bond acceptors (Lipinski definition) is 4. The number of rotatable bonds is 2. The van der Waals surface area contributed by atoms with Gasteiger partial charge in [-0.1, -0.05) is 6.92 Å². The predicted molar refractivity (Wildman–Crippen MR) is 92.1 cm³/mol. The number of nitrogens with zero attached hydrogens (tertiary/aromatic N) is 2. The summed E-state index contributed by atoms with van der Waals surface area (Å²) in [5.74, 6) is 0.0710. The third kappa shape index (κ3) is 4.47. The second kappa shape index (κ2) is 6.91. The van der Waals surface area contributed by atoms with Crippen LogP contribution in [0.2, 0.25) is 0 Å². The summed E-state index contributed by atoms with van der Waals surface area (Å²) in [5, 5.41) is 0. The lowest BCUT2D eigenvalue weighted by molar-refractivity contribution is 0.0141. The highest BCUT2D eigenvalue weighted by molar-refractivity contribution is 7.14. The van der Waals surface area contributed by atoms with E-state index in [-0.39, 0.29) is 12.0 Å². The maximum absolute atomic E-state index is 12.6. The highest BCUT2D eigenvalue weighted by atomic mass is 32.1. The van der Waals surface area contributed by atoms with Gasteiger partial charge in [0, 0.05) is 31.1 Å². The first-order valence-corrected chi connectivity index (χ1v) is 8.89. The normalized spacial score (nSPS) is 15.7. The molecular formula is C17H26N2O3S. The van der Waals surface area contributed by atoms with Crippen molar-refractivity contribution in [1.29, 1.82) is 0 Å². The zero-order chi connectivity index (χ0) is 17.2. The quantitative estimate of drug-likeness (QED) is 0.831. The molecule has 0 aliphatic carbocycles. The number of carbonyl (C=O) groups excluding carboxylic acids is 2. The fourth-order valence-electron chi connectivity index (χ4n) is 2.55. The number of ether oxygens (including phenoxy) is 1. The molecule has 23 heavy (non-hydrogen) atoms. The zero-order valence-corrected chi connectivity index (χ0v) is 15.5. The van der Waals surface area contributed by atoms with Gasteiger partial charge in [-0.15, -0.1) is 11.3 Å². The van der Waals surface area contributed by atoms with E-state index in [4.69, 9.17) is 4.74 Å². The van der Waals surface area contributed by atoms with Gasteiger partial charge in [-0.2, -0.15) is 0 Å². The summed E-state index contributed by atoms with van der Waals surface area (Å²) in [7, 11) is 0. The standard InChI is InChI=1S/C17H26N2O3S/c1-6-13-12(2)11-14(23-13)15(20)18-7-9-19(10-8-18)16(21)22-17(3,4)5/h11H,6-10H2,1-5H3.